The largest absolute Gasteiger partial charge is 0.456 e. The third kappa shape index (κ3) is 7.93. The van der Waals surface area contributed by atoms with E-state index in [1.54, 1.807) is 20.8 Å². The van der Waals surface area contributed by atoms with E-state index in [0.717, 1.165) is 4.91 Å². The second-order valence-electron chi connectivity index (χ2n) is 13.1. The molecule has 232 valence electrons. The van der Waals surface area contributed by atoms with Crippen LogP contribution in [-0.4, -0.2) is 66.2 Å². The Morgan fingerprint density at radius 1 is 1.17 bits per heavy atom. The summed E-state index contributed by atoms with van der Waals surface area (Å²) >= 11 is 1.40. The molecule has 0 aromatic heterocycles. The number of carbonyl (C=O) groups is 3. The highest BCUT2D eigenvalue weighted by Gasteiger charge is 2.58. The van der Waals surface area contributed by atoms with E-state index in [4.69, 9.17) is 13.9 Å². The number of β-lactam (4-membered cyclic amide) rings is 1. The van der Waals surface area contributed by atoms with E-state index in [1.807, 2.05) is 6.92 Å². The van der Waals surface area contributed by atoms with Gasteiger partial charge in [-0.25, -0.2) is 9.59 Å². The van der Waals surface area contributed by atoms with E-state index >= 15 is 0 Å². The number of rotatable bonds is 11. The number of nitro benzene ring substituents is 1. The van der Waals surface area contributed by atoms with Crippen LogP contribution in [0.5, 0.6) is 0 Å². The van der Waals surface area contributed by atoms with Gasteiger partial charge in [-0.3, -0.25) is 14.9 Å². The second kappa shape index (κ2) is 12.8. The lowest BCUT2D eigenvalue weighted by atomic mass is 9.83. The van der Waals surface area contributed by atoms with Crippen molar-refractivity contribution in [2.75, 3.05) is 12.3 Å². The molecule has 2 amide bonds. The molecule has 13 heteroatoms. The first-order chi connectivity index (χ1) is 19.3. The van der Waals surface area contributed by atoms with Gasteiger partial charge in [0, 0.05) is 35.8 Å². The van der Waals surface area contributed by atoms with Gasteiger partial charge in [0.15, 0.2) is 8.32 Å². The van der Waals surface area contributed by atoms with Crippen LogP contribution in [0.15, 0.2) is 34.9 Å². The maximum Gasteiger partial charge on any atom is 0.407 e. The van der Waals surface area contributed by atoms with Gasteiger partial charge < -0.3 is 24.1 Å². The first kappa shape index (κ1) is 33.6. The first-order valence-electron chi connectivity index (χ1n) is 14.1. The van der Waals surface area contributed by atoms with Crippen molar-refractivity contribution < 1.29 is 33.2 Å². The minimum Gasteiger partial charge on any atom is -0.456 e. The molecule has 1 aromatic rings. The van der Waals surface area contributed by atoms with Gasteiger partial charge in [0.1, 0.15) is 17.9 Å². The number of hydrogen-bond acceptors (Lipinski definition) is 9. The number of fused-ring (bicyclic) bond motifs is 1. The molecule has 2 heterocycles. The summed E-state index contributed by atoms with van der Waals surface area (Å²) < 4.78 is 17.4. The van der Waals surface area contributed by atoms with Gasteiger partial charge in [0.2, 0.25) is 5.91 Å². The molecule has 1 N–H and O–H groups in total. The summed E-state index contributed by atoms with van der Waals surface area (Å²) in [6.45, 7) is 18.2. The summed E-state index contributed by atoms with van der Waals surface area (Å²) in [5.41, 5.74) is 0.127. The van der Waals surface area contributed by atoms with Gasteiger partial charge >= 0.3 is 12.1 Å². The minimum absolute atomic E-state index is 0.0172. The van der Waals surface area contributed by atoms with Crippen molar-refractivity contribution in [1.82, 2.24) is 10.2 Å². The lowest BCUT2D eigenvalue weighted by Crippen LogP contribution is -2.63. The van der Waals surface area contributed by atoms with Crippen molar-refractivity contribution in [3.63, 3.8) is 0 Å². The maximum atomic E-state index is 13.5. The number of carbonyl (C=O) groups excluding carboxylic acids is 3. The minimum atomic E-state index is -2.13. The third-order valence-electron chi connectivity index (χ3n) is 7.72. The number of thioether (sulfide) groups is 1. The number of esters is 1. The predicted octanol–water partition coefficient (Wildman–Crippen LogP) is 5.75. The molecule has 3 rings (SSSR count). The van der Waals surface area contributed by atoms with Crippen LogP contribution in [0.3, 0.4) is 0 Å². The summed E-state index contributed by atoms with van der Waals surface area (Å²) in [4.78, 5) is 51.6. The Bertz CT molecular complexity index is 1240. The summed E-state index contributed by atoms with van der Waals surface area (Å²) in [6, 6.07) is 5.53. The smallest absolute Gasteiger partial charge is 0.407 e. The Labute approximate surface area is 253 Å². The highest BCUT2D eigenvalue weighted by Crippen LogP contribution is 2.49. The number of hydrogen-bond donors (Lipinski definition) is 1. The summed E-state index contributed by atoms with van der Waals surface area (Å²) in [5, 5.41) is 13.6. The number of amides is 2. The quantitative estimate of drug-likeness (QED) is 0.0818. The highest BCUT2D eigenvalue weighted by molar-refractivity contribution is 8.03. The van der Waals surface area contributed by atoms with Gasteiger partial charge in [0.05, 0.1) is 23.0 Å². The topological polar surface area (TPSA) is 137 Å². The molecule has 2 aliphatic heterocycles. The van der Waals surface area contributed by atoms with E-state index in [9.17, 15) is 24.5 Å². The summed E-state index contributed by atoms with van der Waals surface area (Å²) in [7, 11) is -2.13. The van der Waals surface area contributed by atoms with Crippen molar-refractivity contribution in [3.05, 3.63) is 50.5 Å². The van der Waals surface area contributed by atoms with Crippen LogP contribution in [0, 0.1) is 16.0 Å². The molecule has 1 fully saturated rings. The van der Waals surface area contributed by atoms with E-state index < -0.39 is 30.9 Å². The fraction of sp³-hybridized carbons (Fsp3) is 0.621. The molecule has 1 unspecified atom stereocenters. The molecular weight excluding hydrogens is 578 g/mol. The molecule has 0 saturated carbocycles. The first-order valence-corrected chi connectivity index (χ1v) is 18.0. The molecule has 0 bridgehead atoms. The van der Waals surface area contributed by atoms with Gasteiger partial charge in [-0.2, -0.15) is 0 Å². The van der Waals surface area contributed by atoms with Crippen LogP contribution >= 0.6 is 11.8 Å². The van der Waals surface area contributed by atoms with E-state index in [2.05, 4.69) is 39.2 Å². The number of nitrogens with zero attached hydrogens (tertiary/aromatic N) is 2. The zero-order valence-corrected chi connectivity index (χ0v) is 27.8. The van der Waals surface area contributed by atoms with E-state index in [0.29, 0.717) is 24.3 Å². The normalized spacial score (nSPS) is 19.6. The number of ether oxygens (including phenoxy) is 2. The Morgan fingerprint density at radius 2 is 1.79 bits per heavy atom. The SMILES string of the molecule is C[C@@H](O[Si](C)(C)C(C)(C)C)[C@H]1C(=O)N2C(C(=O)OCc3ccc([N+](=O)[O-])cc3)=C(SCCNC(=O)OC(C)(C)C)CC12. The number of benzene rings is 1. The van der Waals surface area contributed by atoms with Gasteiger partial charge in [-0.15, -0.1) is 11.8 Å². The van der Waals surface area contributed by atoms with Crippen LogP contribution in [0.1, 0.15) is 60.5 Å². The molecule has 3 atom stereocenters. The van der Waals surface area contributed by atoms with Gasteiger partial charge in [-0.1, -0.05) is 20.8 Å². The van der Waals surface area contributed by atoms with Crippen molar-refractivity contribution >= 4 is 43.7 Å². The molecule has 42 heavy (non-hydrogen) atoms. The second-order valence-corrected chi connectivity index (χ2v) is 19.1. The van der Waals surface area contributed by atoms with Gasteiger partial charge in [0.25, 0.3) is 5.69 Å². The Kier molecular flexibility index (Phi) is 10.2. The number of nitro groups is 1. The zero-order valence-electron chi connectivity index (χ0n) is 25.9. The monoisotopic (exact) mass is 621 g/mol. The highest BCUT2D eigenvalue weighted by atomic mass is 32.2. The van der Waals surface area contributed by atoms with Crippen LogP contribution in [-0.2, 0) is 30.1 Å². The van der Waals surface area contributed by atoms with Crippen molar-refractivity contribution in [1.29, 1.82) is 0 Å². The third-order valence-corrected chi connectivity index (χ3v) is 13.4. The summed E-state index contributed by atoms with van der Waals surface area (Å²) in [6.07, 6.45) is -0.349. The van der Waals surface area contributed by atoms with E-state index in [1.165, 1.54) is 40.9 Å². The summed E-state index contributed by atoms with van der Waals surface area (Å²) in [5.74, 6) is -0.725. The standard InChI is InChI=1S/C29H43N3O8SSi/c1-18(40-42(8,9)29(5,6)7)23-21-16-22(41-15-14-30-27(35)39-28(2,3)4)24(31(21)25(23)33)26(34)38-17-19-10-12-20(13-11-19)32(36)37/h10-13,18,21,23H,14-17H2,1-9H3,(H,30,35)/t18-,21?,23-/m1/s1. The average molecular weight is 622 g/mol. The van der Waals surface area contributed by atoms with Crippen molar-refractivity contribution in [3.8, 4) is 0 Å². The van der Waals surface area contributed by atoms with Crippen LogP contribution in [0.4, 0.5) is 10.5 Å². The molecule has 0 radical (unpaired) electrons. The van der Waals surface area contributed by atoms with E-state index in [-0.39, 0.29) is 47.0 Å². The molecule has 0 spiro atoms. The molecule has 11 nitrogen and oxygen atoms in total. The van der Waals surface area contributed by atoms with Crippen molar-refractivity contribution in [2.24, 2.45) is 5.92 Å². The fourth-order valence-electron chi connectivity index (χ4n) is 4.62. The lowest BCUT2D eigenvalue weighted by molar-refractivity contribution is -0.384. The van der Waals surface area contributed by atoms with Crippen LogP contribution < -0.4 is 5.32 Å². The van der Waals surface area contributed by atoms with Gasteiger partial charge in [-0.05, 0) is 63.5 Å². The number of non-ortho nitro benzene ring substituents is 1. The Hall–Kier alpha value is -2.90. The molecule has 1 saturated heterocycles. The molecule has 2 aliphatic rings. The van der Waals surface area contributed by atoms with Crippen LogP contribution in [0.2, 0.25) is 18.1 Å². The maximum absolute atomic E-state index is 13.5. The zero-order chi connectivity index (χ0) is 31.6. The molecule has 1 aromatic carbocycles. The Balaban J connectivity index is 1.73. The molecular formula is C29H43N3O8SSi. The molecule has 0 aliphatic carbocycles. The fourth-order valence-corrected chi connectivity index (χ4v) is 7.11. The lowest BCUT2D eigenvalue weighted by Gasteiger charge is -2.48. The number of alkyl carbamates (subject to hydrolysis) is 1. The predicted molar refractivity (Wildman–Crippen MR) is 163 cm³/mol. The van der Waals surface area contributed by atoms with Crippen molar-refractivity contribution in [2.45, 2.75) is 97.4 Å². The Morgan fingerprint density at radius 3 is 2.33 bits per heavy atom. The average Bonchev–Trinajstić information content (AvgIpc) is 3.17. The van der Waals surface area contributed by atoms with Crippen LogP contribution in [0.25, 0.3) is 0 Å². The number of nitrogens with one attached hydrogen (secondary N) is 1.